The van der Waals surface area contributed by atoms with Crippen LogP contribution in [-0.2, 0) is 0 Å². The molecule has 1 saturated carbocycles. The molecular formula is C37H34ClF3N8O2S. The summed E-state index contributed by atoms with van der Waals surface area (Å²) in [4.78, 5) is 27.6. The van der Waals surface area contributed by atoms with Gasteiger partial charge in [0, 0.05) is 48.6 Å². The summed E-state index contributed by atoms with van der Waals surface area (Å²) >= 11 is 7.84. The van der Waals surface area contributed by atoms with Crippen LogP contribution < -0.4 is 15.4 Å². The van der Waals surface area contributed by atoms with Crippen molar-refractivity contribution in [2.75, 3.05) is 43.4 Å². The maximum Gasteiger partial charge on any atom is 0.319 e. The van der Waals surface area contributed by atoms with Crippen LogP contribution in [0.1, 0.15) is 54.6 Å². The fourth-order valence-electron chi connectivity index (χ4n) is 9.34. The van der Waals surface area contributed by atoms with Crippen LogP contribution in [0.3, 0.4) is 0 Å². The van der Waals surface area contributed by atoms with Gasteiger partial charge in [-0.15, -0.1) is 11.3 Å². The highest BCUT2D eigenvalue weighted by Gasteiger charge is 2.52. The predicted octanol–water partition coefficient (Wildman–Crippen LogP) is 7.30. The van der Waals surface area contributed by atoms with Crippen LogP contribution >= 0.6 is 22.9 Å². The first kappa shape index (κ1) is 33.4. The molecule has 2 unspecified atom stereocenters. The molecule has 3 aromatic heterocycles. The standard InChI is InChI=1S/C37H34ClF3N8O2S/c1-19-6-10-49(46-19)34(50)36-8-5-20(12-36)15-47(17-36)33-23-11-25(38)28(22-3-4-26(40)31-27(22)24(14-42)32(43)52-31)29(41)30(23)44-35(45-33)51-18-37-7-2-9-48(37)16-21(39)13-37/h3-4,6,10-11,20-21H,2,5,7-9,12-13,15-18,43H2,1H3/t20?,21-,36?,37+/m1/s1. The molecule has 0 radical (unpaired) electrons. The van der Waals surface area contributed by atoms with Crippen molar-refractivity contribution in [3.05, 3.63) is 58.4 Å². The first-order valence-electron chi connectivity index (χ1n) is 17.4. The Morgan fingerprint density at radius 1 is 1.21 bits per heavy atom. The quantitative estimate of drug-likeness (QED) is 0.191. The van der Waals surface area contributed by atoms with E-state index in [1.807, 2.05) is 17.9 Å². The minimum absolute atomic E-state index is 0.00306. The first-order valence-corrected chi connectivity index (χ1v) is 18.6. The molecule has 3 aliphatic heterocycles. The number of nitrogen functional groups attached to an aromatic ring is 1. The van der Waals surface area contributed by atoms with Gasteiger partial charge >= 0.3 is 6.01 Å². The molecule has 0 spiro atoms. The van der Waals surface area contributed by atoms with Gasteiger partial charge in [-0.2, -0.15) is 20.3 Å². The molecule has 2 aromatic carbocycles. The predicted molar refractivity (Wildman–Crippen MR) is 193 cm³/mol. The Morgan fingerprint density at radius 3 is 2.85 bits per heavy atom. The highest BCUT2D eigenvalue weighted by molar-refractivity contribution is 7.23. The summed E-state index contributed by atoms with van der Waals surface area (Å²) < 4.78 is 54.7. The zero-order chi connectivity index (χ0) is 36.1. The van der Waals surface area contributed by atoms with Gasteiger partial charge in [0.05, 0.1) is 31.9 Å². The number of thiophene rings is 1. The maximum atomic E-state index is 17.2. The number of aryl methyl sites for hydroxylation is 1. The minimum Gasteiger partial charge on any atom is -0.461 e. The number of nitriles is 1. The van der Waals surface area contributed by atoms with Gasteiger partial charge in [-0.05, 0) is 75.3 Å². The molecule has 2 bridgehead atoms. The average Bonchev–Trinajstić information content (AvgIpc) is 3.93. The van der Waals surface area contributed by atoms with E-state index in [2.05, 4.69) is 15.0 Å². The highest BCUT2D eigenvalue weighted by Crippen LogP contribution is 2.51. The van der Waals surface area contributed by atoms with E-state index in [4.69, 9.17) is 27.1 Å². The fraction of sp³-hybridized carbons (Fsp3) is 0.432. The number of benzene rings is 2. The Labute approximate surface area is 305 Å². The summed E-state index contributed by atoms with van der Waals surface area (Å²) in [6.45, 7) is 3.96. The lowest BCUT2D eigenvalue weighted by Gasteiger charge is -2.40. The van der Waals surface area contributed by atoms with Crippen molar-refractivity contribution in [2.45, 2.75) is 57.2 Å². The number of nitrogens with zero attached hydrogens (tertiary/aromatic N) is 7. The molecule has 52 heavy (non-hydrogen) atoms. The summed E-state index contributed by atoms with van der Waals surface area (Å²) in [6, 6.07) is 7.91. The molecule has 2 N–H and O–H groups in total. The van der Waals surface area contributed by atoms with Crippen molar-refractivity contribution in [2.24, 2.45) is 11.3 Å². The fourth-order valence-corrected chi connectivity index (χ4v) is 10.6. The second-order valence-corrected chi connectivity index (χ2v) is 16.3. The third-order valence-corrected chi connectivity index (χ3v) is 13.0. The molecule has 4 aliphatic rings. The number of ether oxygens (including phenoxy) is 1. The number of carbonyl (C=O) groups excluding carboxylic acids is 1. The lowest BCUT2D eigenvalue weighted by atomic mass is 9.81. The van der Waals surface area contributed by atoms with E-state index >= 15 is 4.39 Å². The molecule has 3 saturated heterocycles. The van der Waals surface area contributed by atoms with Crippen LogP contribution in [0.25, 0.3) is 32.1 Å². The number of anilines is 2. The summed E-state index contributed by atoms with van der Waals surface area (Å²) in [5.41, 5.74) is 5.67. The second kappa shape index (κ2) is 12.0. The second-order valence-electron chi connectivity index (χ2n) is 14.9. The van der Waals surface area contributed by atoms with Crippen LogP contribution in [0.15, 0.2) is 30.5 Å². The topological polar surface area (TPSA) is 126 Å². The number of rotatable bonds is 6. The summed E-state index contributed by atoms with van der Waals surface area (Å²) in [5.74, 6) is -0.952. The van der Waals surface area contributed by atoms with Crippen molar-refractivity contribution in [3.63, 3.8) is 0 Å². The average molecular weight is 747 g/mol. The van der Waals surface area contributed by atoms with Gasteiger partial charge in [0.1, 0.15) is 41.0 Å². The Morgan fingerprint density at radius 2 is 2.06 bits per heavy atom. The van der Waals surface area contributed by atoms with E-state index in [0.29, 0.717) is 50.1 Å². The molecule has 10 nitrogen and oxygen atoms in total. The molecule has 1 aliphatic carbocycles. The largest absolute Gasteiger partial charge is 0.461 e. The number of piperidine rings is 1. The van der Waals surface area contributed by atoms with Gasteiger partial charge in [-0.3, -0.25) is 9.69 Å². The molecule has 0 amide bonds. The first-order chi connectivity index (χ1) is 25.0. The van der Waals surface area contributed by atoms with Crippen LogP contribution in [-0.4, -0.2) is 75.1 Å². The number of carbonyl (C=O) groups is 1. The SMILES string of the molecule is Cc1ccn(C(=O)C23CCC(CN(c4nc(OC[C@@]56CCCN5C[C@H](F)C6)nc5c(F)c(-c6ccc(F)c7sc(N)c(C#N)c67)c(Cl)cc45)C2)C3)n1. The summed E-state index contributed by atoms with van der Waals surface area (Å²) in [7, 11) is 0. The number of halogens is 4. The van der Waals surface area contributed by atoms with Gasteiger partial charge in [-0.1, -0.05) is 17.7 Å². The van der Waals surface area contributed by atoms with Gasteiger partial charge < -0.3 is 15.4 Å². The van der Waals surface area contributed by atoms with E-state index < -0.39 is 28.8 Å². The summed E-state index contributed by atoms with van der Waals surface area (Å²) in [5, 5.41) is 14.9. The molecule has 9 rings (SSSR count). The van der Waals surface area contributed by atoms with Gasteiger partial charge in [0.2, 0.25) is 0 Å². The molecule has 4 fully saturated rings. The third-order valence-electron chi connectivity index (χ3n) is 11.6. The van der Waals surface area contributed by atoms with Crippen LogP contribution in [0, 0.1) is 41.2 Å². The number of alkyl halides is 1. The maximum absolute atomic E-state index is 17.2. The van der Waals surface area contributed by atoms with E-state index in [-0.39, 0.29) is 66.8 Å². The monoisotopic (exact) mass is 746 g/mol. The lowest BCUT2D eigenvalue weighted by Crippen LogP contribution is -2.49. The Hall–Kier alpha value is -4.45. The van der Waals surface area contributed by atoms with Crippen molar-refractivity contribution >= 4 is 60.7 Å². The number of hydrogen-bond donors (Lipinski definition) is 1. The zero-order valence-corrected chi connectivity index (χ0v) is 29.8. The van der Waals surface area contributed by atoms with Gasteiger partial charge in [0.15, 0.2) is 5.82 Å². The Kier molecular flexibility index (Phi) is 7.73. The smallest absolute Gasteiger partial charge is 0.319 e. The van der Waals surface area contributed by atoms with E-state index in [0.717, 1.165) is 42.8 Å². The third kappa shape index (κ3) is 5.07. The number of hydrogen-bond acceptors (Lipinski definition) is 10. The number of fused-ring (bicyclic) bond motifs is 5. The van der Waals surface area contributed by atoms with Crippen LogP contribution in [0.2, 0.25) is 5.02 Å². The van der Waals surface area contributed by atoms with E-state index in [9.17, 15) is 18.8 Å². The molecule has 6 heterocycles. The van der Waals surface area contributed by atoms with Crippen molar-refractivity contribution in [1.29, 1.82) is 5.26 Å². The normalized spacial score (nSPS) is 25.7. The highest BCUT2D eigenvalue weighted by atomic mass is 35.5. The molecule has 5 aromatic rings. The van der Waals surface area contributed by atoms with Gasteiger partial charge in [0.25, 0.3) is 5.91 Å². The van der Waals surface area contributed by atoms with Crippen molar-refractivity contribution in [3.8, 4) is 23.2 Å². The molecular weight excluding hydrogens is 713 g/mol. The zero-order valence-electron chi connectivity index (χ0n) is 28.3. The number of nitrogens with two attached hydrogens (primary N) is 1. The Bertz CT molecular complexity index is 2360. The minimum atomic E-state index is -0.966. The molecule has 15 heteroatoms. The van der Waals surface area contributed by atoms with Gasteiger partial charge in [-0.25, -0.2) is 17.9 Å². The van der Waals surface area contributed by atoms with E-state index in [1.165, 1.54) is 16.8 Å². The Balaban J connectivity index is 1.20. The van der Waals surface area contributed by atoms with Crippen molar-refractivity contribution < 1.29 is 22.7 Å². The summed E-state index contributed by atoms with van der Waals surface area (Å²) in [6.07, 6.45) is 4.93. The number of aromatic nitrogens is 4. The lowest BCUT2D eigenvalue weighted by molar-refractivity contribution is 0.0669. The molecule has 268 valence electrons. The van der Waals surface area contributed by atoms with Crippen LogP contribution in [0.4, 0.5) is 24.0 Å². The molecule has 4 atom stereocenters. The van der Waals surface area contributed by atoms with Crippen molar-refractivity contribution in [1.82, 2.24) is 24.6 Å². The van der Waals surface area contributed by atoms with Crippen LogP contribution in [0.5, 0.6) is 6.01 Å². The van der Waals surface area contributed by atoms with E-state index in [1.54, 1.807) is 18.3 Å².